The van der Waals surface area contributed by atoms with Crippen LogP contribution in [0.1, 0.15) is 27.7 Å². The zero-order chi connectivity index (χ0) is 8.36. The largest absolute Gasteiger partial charge is 0.396 e. The van der Waals surface area contributed by atoms with Crippen molar-refractivity contribution >= 4 is 0 Å². The molecule has 10 heavy (non-hydrogen) atoms. The standard InChI is InChI=1S/C8H18O2/c1-6(5-9)8(3,4)7(2)10/h6-7,9-10H,5H2,1-4H3. The summed E-state index contributed by atoms with van der Waals surface area (Å²) in [4.78, 5) is 0. The van der Waals surface area contributed by atoms with Crippen molar-refractivity contribution in [2.24, 2.45) is 11.3 Å². The molecule has 0 rings (SSSR count). The molecule has 2 N–H and O–H groups in total. The minimum absolute atomic E-state index is 0.137. The minimum Gasteiger partial charge on any atom is -0.396 e. The molecule has 0 spiro atoms. The van der Waals surface area contributed by atoms with Crippen molar-refractivity contribution in [3.05, 3.63) is 0 Å². The highest BCUT2D eigenvalue weighted by Gasteiger charge is 2.29. The third-order valence-electron chi connectivity index (χ3n) is 2.62. The number of hydrogen-bond acceptors (Lipinski definition) is 2. The van der Waals surface area contributed by atoms with Crippen molar-refractivity contribution < 1.29 is 10.2 Å². The molecule has 2 atom stereocenters. The van der Waals surface area contributed by atoms with Gasteiger partial charge in [0.25, 0.3) is 0 Å². The number of aliphatic hydroxyl groups excluding tert-OH is 2. The van der Waals surface area contributed by atoms with E-state index in [1.807, 2.05) is 20.8 Å². The predicted octanol–water partition coefficient (Wildman–Crippen LogP) is 1.02. The summed E-state index contributed by atoms with van der Waals surface area (Å²) in [6.45, 7) is 7.74. The lowest BCUT2D eigenvalue weighted by atomic mass is 9.76. The van der Waals surface area contributed by atoms with Crippen LogP contribution in [0.2, 0.25) is 0 Å². The summed E-state index contributed by atoms with van der Waals surface area (Å²) in [6, 6.07) is 0. The third kappa shape index (κ3) is 1.96. The molecule has 0 saturated carbocycles. The van der Waals surface area contributed by atoms with Crippen LogP contribution in [0.3, 0.4) is 0 Å². The molecule has 0 aromatic heterocycles. The molecule has 0 aliphatic carbocycles. The summed E-state index contributed by atoms with van der Waals surface area (Å²) in [6.07, 6.45) is -0.366. The Morgan fingerprint density at radius 1 is 1.30 bits per heavy atom. The molecule has 0 aromatic rings. The second-order valence-corrected chi connectivity index (χ2v) is 3.58. The molecule has 0 aromatic carbocycles. The first-order chi connectivity index (χ1) is 4.42. The Bertz CT molecular complexity index is 97.4. The predicted molar refractivity (Wildman–Crippen MR) is 41.7 cm³/mol. The normalized spacial score (nSPS) is 18.6. The van der Waals surface area contributed by atoms with Gasteiger partial charge < -0.3 is 10.2 Å². The van der Waals surface area contributed by atoms with Crippen LogP contribution in [-0.2, 0) is 0 Å². The van der Waals surface area contributed by atoms with Crippen LogP contribution in [0.15, 0.2) is 0 Å². The topological polar surface area (TPSA) is 40.5 Å². The first-order valence-electron chi connectivity index (χ1n) is 3.71. The first-order valence-corrected chi connectivity index (χ1v) is 3.71. The molecule has 0 bridgehead atoms. The summed E-state index contributed by atoms with van der Waals surface area (Å²) in [5.41, 5.74) is -0.186. The first kappa shape index (κ1) is 9.92. The quantitative estimate of drug-likeness (QED) is 0.624. The molecule has 0 fully saturated rings. The van der Waals surface area contributed by atoms with E-state index in [1.54, 1.807) is 6.92 Å². The van der Waals surface area contributed by atoms with Gasteiger partial charge >= 0.3 is 0 Å². The zero-order valence-electron chi connectivity index (χ0n) is 7.26. The van der Waals surface area contributed by atoms with E-state index in [2.05, 4.69) is 0 Å². The molecule has 0 saturated heterocycles. The van der Waals surface area contributed by atoms with E-state index in [-0.39, 0.29) is 24.0 Å². The van der Waals surface area contributed by atoms with Gasteiger partial charge in [0, 0.05) is 6.61 Å². The fraction of sp³-hybridized carbons (Fsp3) is 1.00. The molecule has 2 unspecified atom stereocenters. The fourth-order valence-corrected chi connectivity index (χ4v) is 0.647. The smallest absolute Gasteiger partial charge is 0.0566 e. The minimum atomic E-state index is -0.366. The van der Waals surface area contributed by atoms with Gasteiger partial charge in [0.2, 0.25) is 0 Å². The van der Waals surface area contributed by atoms with Crippen LogP contribution in [0.5, 0.6) is 0 Å². The summed E-state index contributed by atoms with van der Waals surface area (Å²) in [5.74, 6) is 0.146. The van der Waals surface area contributed by atoms with Crippen LogP contribution >= 0.6 is 0 Å². The summed E-state index contributed by atoms with van der Waals surface area (Å²) >= 11 is 0. The van der Waals surface area contributed by atoms with Crippen LogP contribution in [0, 0.1) is 11.3 Å². The van der Waals surface area contributed by atoms with Gasteiger partial charge in [-0.3, -0.25) is 0 Å². The second-order valence-electron chi connectivity index (χ2n) is 3.58. The molecular formula is C8H18O2. The lowest BCUT2D eigenvalue weighted by molar-refractivity contribution is 0.00456. The lowest BCUT2D eigenvalue weighted by Gasteiger charge is -2.33. The summed E-state index contributed by atoms with van der Waals surface area (Å²) in [5, 5.41) is 18.1. The second kappa shape index (κ2) is 3.35. The molecular weight excluding hydrogens is 128 g/mol. The van der Waals surface area contributed by atoms with E-state index in [0.717, 1.165) is 0 Å². The highest BCUT2D eigenvalue weighted by atomic mass is 16.3. The van der Waals surface area contributed by atoms with E-state index in [1.165, 1.54) is 0 Å². The van der Waals surface area contributed by atoms with Crippen LogP contribution in [0.4, 0.5) is 0 Å². The maximum absolute atomic E-state index is 9.27. The van der Waals surface area contributed by atoms with Crippen LogP contribution < -0.4 is 0 Å². The number of rotatable bonds is 3. The van der Waals surface area contributed by atoms with Gasteiger partial charge in [-0.15, -0.1) is 0 Å². The van der Waals surface area contributed by atoms with E-state index in [9.17, 15) is 5.11 Å². The van der Waals surface area contributed by atoms with E-state index < -0.39 is 0 Å². The lowest BCUT2D eigenvalue weighted by Crippen LogP contribution is -2.35. The summed E-state index contributed by atoms with van der Waals surface area (Å²) in [7, 11) is 0. The summed E-state index contributed by atoms with van der Waals surface area (Å²) < 4.78 is 0. The van der Waals surface area contributed by atoms with Gasteiger partial charge in [-0.05, 0) is 18.3 Å². The van der Waals surface area contributed by atoms with Gasteiger partial charge in [-0.25, -0.2) is 0 Å². The van der Waals surface area contributed by atoms with E-state index in [4.69, 9.17) is 5.11 Å². The third-order valence-corrected chi connectivity index (χ3v) is 2.62. The van der Waals surface area contributed by atoms with Gasteiger partial charge in [0.15, 0.2) is 0 Å². The molecule has 62 valence electrons. The molecule has 0 amide bonds. The highest BCUT2D eigenvalue weighted by molar-refractivity contribution is 4.79. The SMILES string of the molecule is CC(O)C(C)(C)C(C)CO. The van der Waals surface area contributed by atoms with Crippen molar-refractivity contribution in [3.63, 3.8) is 0 Å². The number of aliphatic hydroxyl groups is 2. The molecule has 2 heteroatoms. The van der Waals surface area contributed by atoms with E-state index >= 15 is 0 Å². The van der Waals surface area contributed by atoms with Gasteiger partial charge in [-0.1, -0.05) is 20.8 Å². The van der Waals surface area contributed by atoms with Crippen molar-refractivity contribution in [1.82, 2.24) is 0 Å². The Balaban J connectivity index is 4.09. The Morgan fingerprint density at radius 3 is 1.80 bits per heavy atom. The average Bonchev–Trinajstić information content (AvgIpc) is 1.86. The van der Waals surface area contributed by atoms with Crippen molar-refractivity contribution in [3.8, 4) is 0 Å². The van der Waals surface area contributed by atoms with Gasteiger partial charge in [0.05, 0.1) is 6.10 Å². The maximum Gasteiger partial charge on any atom is 0.0566 e. The van der Waals surface area contributed by atoms with Gasteiger partial charge in [0.1, 0.15) is 0 Å². The van der Waals surface area contributed by atoms with Crippen LogP contribution in [0.25, 0.3) is 0 Å². The Hall–Kier alpha value is -0.0800. The Morgan fingerprint density at radius 2 is 1.70 bits per heavy atom. The highest BCUT2D eigenvalue weighted by Crippen LogP contribution is 2.29. The van der Waals surface area contributed by atoms with Crippen molar-refractivity contribution in [1.29, 1.82) is 0 Å². The number of hydrogen-bond donors (Lipinski definition) is 2. The monoisotopic (exact) mass is 146 g/mol. The zero-order valence-corrected chi connectivity index (χ0v) is 7.26. The fourth-order valence-electron chi connectivity index (χ4n) is 0.647. The Kier molecular flexibility index (Phi) is 3.33. The Labute approximate surface area is 62.9 Å². The van der Waals surface area contributed by atoms with Crippen molar-refractivity contribution in [2.75, 3.05) is 6.61 Å². The van der Waals surface area contributed by atoms with Crippen LogP contribution in [-0.4, -0.2) is 22.9 Å². The molecule has 0 aliphatic heterocycles. The van der Waals surface area contributed by atoms with Gasteiger partial charge in [-0.2, -0.15) is 0 Å². The molecule has 0 radical (unpaired) electrons. The maximum atomic E-state index is 9.27. The van der Waals surface area contributed by atoms with E-state index in [0.29, 0.717) is 0 Å². The molecule has 2 nitrogen and oxygen atoms in total. The average molecular weight is 146 g/mol. The van der Waals surface area contributed by atoms with Crippen molar-refractivity contribution in [2.45, 2.75) is 33.8 Å². The molecule has 0 aliphatic rings. The molecule has 0 heterocycles.